The second-order valence-electron chi connectivity index (χ2n) is 4.94. The number of aryl methyl sites for hydroxylation is 1. The van der Waals surface area contributed by atoms with Crippen LogP contribution in [0.5, 0.6) is 0 Å². The highest BCUT2D eigenvalue weighted by Crippen LogP contribution is 2.18. The van der Waals surface area contributed by atoms with Crippen LogP contribution in [0, 0.1) is 6.92 Å². The first-order valence-electron chi connectivity index (χ1n) is 6.58. The summed E-state index contributed by atoms with van der Waals surface area (Å²) in [5.74, 6) is 0.942. The molecule has 1 unspecified atom stereocenters. The molecule has 0 spiro atoms. The monoisotopic (exact) mass is 261 g/mol. The minimum Gasteiger partial charge on any atom is -0.374 e. The van der Waals surface area contributed by atoms with Crippen molar-refractivity contribution in [2.45, 2.75) is 13.0 Å². The van der Waals surface area contributed by atoms with Crippen LogP contribution < -0.4 is 10.2 Å². The quantitative estimate of drug-likeness (QED) is 0.870. The van der Waals surface area contributed by atoms with Crippen LogP contribution in [0.4, 0.5) is 5.82 Å². The predicted octanol–water partition coefficient (Wildman–Crippen LogP) is 0.462. The summed E-state index contributed by atoms with van der Waals surface area (Å²) in [5, 5.41) is 7.75. The van der Waals surface area contributed by atoms with Crippen molar-refractivity contribution in [2.24, 2.45) is 0 Å². The molecule has 2 aromatic rings. The number of nitrogens with one attached hydrogen (secondary N) is 1. The number of morpholine rings is 1. The van der Waals surface area contributed by atoms with E-state index in [9.17, 15) is 0 Å². The number of hydrogen-bond acceptors (Lipinski definition) is 5. The van der Waals surface area contributed by atoms with Gasteiger partial charge in [-0.1, -0.05) is 0 Å². The topological polar surface area (TPSA) is 54.7 Å². The summed E-state index contributed by atoms with van der Waals surface area (Å²) in [6.07, 6.45) is 3.87. The Labute approximate surface area is 112 Å². The number of aromatic nitrogens is 3. The summed E-state index contributed by atoms with van der Waals surface area (Å²) in [5.41, 5.74) is 2.03. The molecule has 0 aliphatic carbocycles. The van der Waals surface area contributed by atoms with Crippen molar-refractivity contribution >= 4 is 11.3 Å². The van der Waals surface area contributed by atoms with Gasteiger partial charge in [0.05, 0.1) is 18.4 Å². The van der Waals surface area contributed by atoms with E-state index in [1.807, 2.05) is 24.7 Å². The third-order valence-corrected chi connectivity index (χ3v) is 3.34. The molecule has 0 aromatic carbocycles. The zero-order valence-electron chi connectivity index (χ0n) is 11.3. The molecule has 1 atom stereocenters. The van der Waals surface area contributed by atoms with Crippen molar-refractivity contribution < 1.29 is 4.74 Å². The molecular weight excluding hydrogens is 242 g/mol. The largest absolute Gasteiger partial charge is 0.374 e. The van der Waals surface area contributed by atoms with Crippen molar-refractivity contribution in [1.29, 1.82) is 0 Å². The van der Waals surface area contributed by atoms with Crippen LogP contribution in [0.1, 0.15) is 5.69 Å². The number of likely N-dealkylation sites (N-methyl/N-ethyl adjacent to an activating group) is 1. The molecule has 1 aliphatic rings. The molecule has 0 amide bonds. The van der Waals surface area contributed by atoms with Crippen LogP contribution in [-0.4, -0.2) is 54.0 Å². The average molecular weight is 261 g/mol. The number of ether oxygens (including phenoxy) is 1. The molecule has 0 bridgehead atoms. The van der Waals surface area contributed by atoms with Crippen LogP contribution in [0.2, 0.25) is 0 Å². The fraction of sp³-hybridized carbons (Fsp3) is 0.538. The van der Waals surface area contributed by atoms with Gasteiger partial charge < -0.3 is 15.0 Å². The fourth-order valence-electron chi connectivity index (χ4n) is 2.45. The lowest BCUT2D eigenvalue weighted by molar-refractivity contribution is 0.0339. The molecule has 2 aromatic heterocycles. The van der Waals surface area contributed by atoms with E-state index >= 15 is 0 Å². The van der Waals surface area contributed by atoms with Gasteiger partial charge in [0, 0.05) is 39.1 Å². The first-order valence-corrected chi connectivity index (χ1v) is 6.58. The average Bonchev–Trinajstić information content (AvgIpc) is 2.79. The highest BCUT2D eigenvalue weighted by atomic mass is 16.5. The Kier molecular flexibility index (Phi) is 3.35. The highest BCUT2D eigenvalue weighted by Gasteiger charge is 2.18. The Morgan fingerprint density at radius 3 is 3.26 bits per heavy atom. The molecule has 1 fully saturated rings. The summed E-state index contributed by atoms with van der Waals surface area (Å²) < 4.78 is 7.60. The maximum atomic E-state index is 5.73. The second kappa shape index (κ2) is 5.14. The van der Waals surface area contributed by atoms with Crippen molar-refractivity contribution in [2.75, 3.05) is 38.2 Å². The maximum absolute atomic E-state index is 5.73. The Morgan fingerprint density at radius 1 is 1.58 bits per heavy atom. The first-order chi connectivity index (χ1) is 9.24. The molecule has 1 aliphatic heterocycles. The van der Waals surface area contributed by atoms with Gasteiger partial charge in [-0.15, -0.1) is 0 Å². The summed E-state index contributed by atoms with van der Waals surface area (Å²) in [4.78, 5) is 6.61. The summed E-state index contributed by atoms with van der Waals surface area (Å²) in [6.45, 7) is 5.43. The zero-order chi connectivity index (χ0) is 13.2. The molecule has 6 heteroatoms. The molecule has 1 N–H and O–H groups in total. The first kappa shape index (κ1) is 12.4. The number of hydrogen-bond donors (Lipinski definition) is 1. The molecule has 19 heavy (non-hydrogen) atoms. The SMILES string of the molecule is Cc1cc2c(N(C)CC3CNCCO3)nccn2n1. The van der Waals surface area contributed by atoms with E-state index in [4.69, 9.17) is 4.74 Å². The van der Waals surface area contributed by atoms with Crippen molar-refractivity contribution in [3.05, 3.63) is 24.2 Å². The van der Waals surface area contributed by atoms with Crippen molar-refractivity contribution in [1.82, 2.24) is 19.9 Å². The highest BCUT2D eigenvalue weighted by molar-refractivity contribution is 5.68. The van der Waals surface area contributed by atoms with Crippen molar-refractivity contribution in [3.63, 3.8) is 0 Å². The minimum atomic E-state index is 0.213. The van der Waals surface area contributed by atoms with Gasteiger partial charge in [0.25, 0.3) is 0 Å². The minimum absolute atomic E-state index is 0.213. The zero-order valence-corrected chi connectivity index (χ0v) is 11.3. The van der Waals surface area contributed by atoms with E-state index in [0.717, 1.165) is 43.3 Å². The van der Waals surface area contributed by atoms with Crippen LogP contribution in [0.3, 0.4) is 0 Å². The third-order valence-electron chi connectivity index (χ3n) is 3.34. The van der Waals surface area contributed by atoms with Crippen LogP contribution in [0.25, 0.3) is 5.52 Å². The van der Waals surface area contributed by atoms with Gasteiger partial charge in [0.2, 0.25) is 0 Å². The Morgan fingerprint density at radius 2 is 2.47 bits per heavy atom. The lowest BCUT2D eigenvalue weighted by Crippen LogP contribution is -2.44. The number of rotatable bonds is 3. The van der Waals surface area contributed by atoms with E-state index in [1.165, 1.54) is 0 Å². The second-order valence-corrected chi connectivity index (χ2v) is 4.94. The van der Waals surface area contributed by atoms with Gasteiger partial charge >= 0.3 is 0 Å². The van der Waals surface area contributed by atoms with E-state index in [1.54, 1.807) is 6.20 Å². The smallest absolute Gasteiger partial charge is 0.154 e. The normalized spacial score (nSPS) is 19.8. The number of fused-ring (bicyclic) bond motifs is 1. The lowest BCUT2D eigenvalue weighted by Gasteiger charge is -2.28. The van der Waals surface area contributed by atoms with Gasteiger partial charge in [-0.2, -0.15) is 5.10 Å². The van der Waals surface area contributed by atoms with Crippen molar-refractivity contribution in [3.8, 4) is 0 Å². The van der Waals surface area contributed by atoms with Crippen LogP contribution in [0.15, 0.2) is 18.5 Å². The van der Waals surface area contributed by atoms with Gasteiger partial charge in [0.15, 0.2) is 5.82 Å². The number of nitrogens with zero attached hydrogens (tertiary/aromatic N) is 4. The summed E-state index contributed by atoms with van der Waals surface area (Å²) in [6, 6.07) is 2.05. The Bertz CT molecular complexity index is 561. The van der Waals surface area contributed by atoms with E-state index in [-0.39, 0.29) is 6.10 Å². The van der Waals surface area contributed by atoms with Crippen LogP contribution in [-0.2, 0) is 4.74 Å². The molecule has 3 rings (SSSR count). The van der Waals surface area contributed by atoms with Gasteiger partial charge in [-0.25, -0.2) is 9.50 Å². The third kappa shape index (κ3) is 2.54. The van der Waals surface area contributed by atoms with Gasteiger partial charge in [-0.05, 0) is 13.0 Å². The summed E-state index contributed by atoms with van der Waals surface area (Å²) >= 11 is 0. The lowest BCUT2D eigenvalue weighted by atomic mass is 10.3. The Balaban J connectivity index is 1.82. The van der Waals surface area contributed by atoms with Gasteiger partial charge in [-0.3, -0.25) is 0 Å². The molecule has 0 radical (unpaired) electrons. The molecule has 3 heterocycles. The van der Waals surface area contributed by atoms with Gasteiger partial charge in [0.1, 0.15) is 5.52 Å². The number of anilines is 1. The maximum Gasteiger partial charge on any atom is 0.154 e. The Hall–Kier alpha value is -1.66. The van der Waals surface area contributed by atoms with E-state index < -0.39 is 0 Å². The standard InChI is InChI=1S/C13H19N5O/c1-10-7-12-13(15-3-5-18(12)16-10)17(2)9-11-8-14-4-6-19-11/h3,5,7,11,14H,4,6,8-9H2,1-2H3. The van der Waals surface area contributed by atoms with E-state index in [0.29, 0.717) is 0 Å². The molecule has 1 saturated heterocycles. The molecule has 6 nitrogen and oxygen atoms in total. The molecular formula is C13H19N5O. The van der Waals surface area contributed by atoms with Crippen LogP contribution >= 0.6 is 0 Å². The fourth-order valence-corrected chi connectivity index (χ4v) is 2.45. The van der Waals surface area contributed by atoms with E-state index in [2.05, 4.69) is 26.4 Å². The molecule has 102 valence electrons. The summed E-state index contributed by atoms with van der Waals surface area (Å²) in [7, 11) is 2.04. The predicted molar refractivity (Wildman–Crippen MR) is 73.6 cm³/mol. The molecule has 0 saturated carbocycles.